The Morgan fingerprint density at radius 3 is 2.52 bits per heavy atom. The lowest BCUT2D eigenvalue weighted by Crippen LogP contribution is -2.34. The van der Waals surface area contributed by atoms with Crippen molar-refractivity contribution in [2.24, 2.45) is 5.92 Å². The molecule has 1 heterocycles. The molecule has 1 aliphatic rings. The van der Waals surface area contributed by atoms with Crippen molar-refractivity contribution in [3.63, 3.8) is 0 Å². The smallest absolute Gasteiger partial charge is 0.412 e. The number of hydrogen-bond donors (Lipinski definition) is 1. The quantitative estimate of drug-likeness (QED) is 0.564. The predicted octanol–water partition coefficient (Wildman–Crippen LogP) is 5.95. The number of aromatic nitrogens is 1. The second kappa shape index (κ2) is 10.6. The molecular formula is C25H36N2O4. The number of methoxy groups -OCH3 is 2. The van der Waals surface area contributed by atoms with E-state index in [2.05, 4.69) is 9.88 Å². The van der Waals surface area contributed by atoms with E-state index in [4.69, 9.17) is 14.2 Å². The van der Waals surface area contributed by atoms with Crippen molar-refractivity contribution < 1.29 is 19.0 Å². The van der Waals surface area contributed by atoms with Gasteiger partial charge in [-0.3, -0.25) is 0 Å². The maximum Gasteiger partial charge on any atom is 0.412 e. The van der Waals surface area contributed by atoms with Gasteiger partial charge >= 0.3 is 6.09 Å². The summed E-state index contributed by atoms with van der Waals surface area (Å²) in [5.74, 6) is 2.73. The van der Waals surface area contributed by atoms with Crippen LogP contribution in [0, 0.1) is 12.8 Å². The Bertz CT molecular complexity index is 884. The Kier molecular flexibility index (Phi) is 7.88. The van der Waals surface area contributed by atoms with Crippen LogP contribution in [0.2, 0.25) is 0 Å². The third kappa shape index (κ3) is 5.54. The Hall–Kier alpha value is -2.63. The molecule has 1 saturated carbocycles. The van der Waals surface area contributed by atoms with Crippen LogP contribution < -0.4 is 19.5 Å². The SMILES string of the molecule is CC[C@@H](C)NC(=O)Oc1cc(-c2cc(OC)ccc2OC)n(CC2CCCCC2)c1C. The fourth-order valence-electron chi connectivity index (χ4n) is 4.26. The van der Waals surface area contributed by atoms with Gasteiger partial charge in [0, 0.05) is 24.2 Å². The fraction of sp³-hybridized carbons (Fsp3) is 0.560. The molecule has 0 saturated heterocycles. The van der Waals surface area contributed by atoms with E-state index in [1.807, 2.05) is 45.0 Å². The topological polar surface area (TPSA) is 61.7 Å². The first-order valence-electron chi connectivity index (χ1n) is 11.4. The highest BCUT2D eigenvalue weighted by atomic mass is 16.6. The van der Waals surface area contributed by atoms with Crippen LogP contribution >= 0.6 is 0 Å². The summed E-state index contributed by atoms with van der Waals surface area (Å²) in [5.41, 5.74) is 2.85. The average molecular weight is 429 g/mol. The first-order chi connectivity index (χ1) is 15.0. The molecule has 1 fully saturated rings. The maximum absolute atomic E-state index is 12.4. The minimum Gasteiger partial charge on any atom is -0.497 e. The largest absolute Gasteiger partial charge is 0.497 e. The summed E-state index contributed by atoms with van der Waals surface area (Å²) in [6, 6.07) is 7.80. The van der Waals surface area contributed by atoms with Crippen LogP contribution in [-0.4, -0.2) is 30.9 Å². The van der Waals surface area contributed by atoms with Gasteiger partial charge in [0.15, 0.2) is 5.75 Å². The first-order valence-corrected chi connectivity index (χ1v) is 11.4. The average Bonchev–Trinajstić information content (AvgIpc) is 3.08. The summed E-state index contributed by atoms with van der Waals surface area (Å²) >= 11 is 0. The van der Waals surface area contributed by atoms with Crippen LogP contribution in [0.1, 0.15) is 58.1 Å². The van der Waals surface area contributed by atoms with E-state index in [-0.39, 0.29) is 6.04 Å². The number of carbonyl (C=O) groups excluding carboxylic acids is 1. The Balaban J connectivity index is 2.00. The summed E-state index contributed by atoms with van der Waals surface area (Å²) in [5, 5.41) is 2.88. The lowest BCUT2D eigenvalue weighted by atomic mass is 9.89. The Labute approximate surface area is 185 Å². The Morgan fingerprint density at radius 2 is 1.87 bits per heavy atom. The zero-order chi connectivity index (χ0) is 22.4. The molecule has 1 aliphatic carbocycles. The van der Waals surface area contributed by atoms with Crippen molar-refractivity contribution in [2.45, 2.75) is 71.9 Å². The van der Waals surface area contributed by atoms with E-state index in [0.29, 0.717) is 11.7 Å². The number of nitrogens with zero attached hydrogens (tertiary/aromatic N) is 1. The highest BCUT2D eigenvalue weighted by Crippen LogP contribution is 2.39. The molecule has 1 atom stereocenters. The van der Waals surface area contributed by atoms with E-state index in [9.17, 15) is 4.79 Å². The number of carbonyl (C=O) groups is 1. The summed E-state index contributed by atoms with van der Waals surface area (Å²) in [4.78, 5) is 12.4. The maximum atomic E-state index is 12.4. The molecule has 0 radical (unpaired) electrons. The van der Waals surface area contributed by atoms with E-state index in [1.165, 1.54) is 32.1 Å². The summed E-state index contributed by atoms with van der Waals surface area (Å²) in [7, 11) is 3.33. The van der Waals surface area contributed by atoms with Crippen molar-refractivity contribution in [1.82, 2.24) is 9.88 Å². The zero-order valence-electron chi connectivity index (χ0n) is 19.5. The Morgan fingerprint density at radius 1 is 1.13 bits per heavy atom. The third-order valence-electron chi connectivity index (χ3n) is 6.35. The van der Waals surface area contributed by atoms with Gasteiger partial charge in [-0.05, 0) is 57.2 Å². The molecule has 0 unspecified atom stereocenters. The van der Waals surface area contributed by atoms with E-state index < -0.39 is 6.09 Å². The van der Waals surface area contributed by atoms with E-state index in [1.54, 1.807) is 14.2 Å². The minimum atomic E-state index is -0.420. The van der Waals surface area contributed by atoms with Gasteiger partial charge in [-0.25, -0.2) is 4.79 Å². The molecule has 170 valence electrons. The molecule has 1 amide bonds. The van der Waals surface area contributed by atoms with Gasteiger partial charge in [-0.1, -0.05) is 26.2 Å². The first kappa shape index (κ1) is 23.0. The van der Waals surface area contributed by atoms with Gasteiger partial charge in [0.2, 0.25) is 0 Å². The normalized spacial score (nSPS) is 15.4. The van der Waals surface area contributed by atoms with E-state index >= 15 is 0 Å². The lowest BCUT2D eigenvalue weighted by Gasteiger charge is -2.24. The summed E-state index contributed by atoms with van der Waals surface area (Å²) in [6.07, 6.45) is 6.78. The monoisotopic (exact) mass is 428 g/mol. The number of ether oxygens (including phenoxy) is 3. The van der Waals surface area contributed by atoms with Gasteiger partial charge in [0.25, 0.3) is 0 Å². The van der Waals surface area contributed by atoms with Crippen LogP contribution in [0.4, 0.5) is 4.79 Å². The van der Waals surface area contributed by atoms with Gasteiger partial charge < -0.3 is 24.1 Å². The number of rotatable bonds is 8. The number of amides is 1. The van der Waals surface area contributed by atoms with Crippen LogP contribution in [0.15, 0.2) is 24.3 Å². The molecule has 6 nitrogen and oxygen atoms in total. The molecule has 0 aliphatic heterocycles. The van der Waals surface area contributed by atoms with Crippen molar-refractivity contribution in [3.05, 3.63) is 30.0 Å². The van der Waals surface area contributed by atoms with Crippen LogP contribution in [0.3, 0.4) is 0 Å². The predicted molar refractivity (Wildman–Crippen MR) is 123 cm³/mol. The summed E-state index contributed by atoms with van der Waals surface area (Å²) < 4.78 is 19.1. The van der Waals surface area contributed by atoms with Crippen molar-refractivity contribution in [2.75, 3.05) is 14.2 Å². The lowest BCUT2D eigenvalue weighted by molar-refractivity contribution is 0.196. The number of nitrogens with one attached hydrogen (secondary N) is 1. The standard InChI is InChI=1S/C25H36N2O4/c1-6-17(2)26-25(28)31-24-15-22(21-14-20(29-4)12-13-23(21)30-5)27(18(24)3)16-19-10-8-7-9-11-19/h12-15,17,19H,6-11,16H2,1-5H3,(H,26,28)/t17-/m1/s1. The molecule has 2 aromatic rings. The van der Waals surface area contributed by atoms with Gasteiger partial charge in [-0.2, -0.15) is 0 Å². The molecule has 31 heavy (non-hydrogen) atoms. The van der Waals surface area contributed by atoms with Crippen molar-refractivity contribution in [3.8, 4) is 28.5 Å². The van der Waals surface area contributed by atoms with Gasteiger partial charge in [-0.15, -0.1) is 0 Å². The van der Waals surface area contributed by atoms with Crippen molar-refractivity contribution >= 4 is 6.09 Å². The molecule has 3 rings (SSSR count). The fourth-order valence-corrected chi connectivity index (χ4v) is 4.26. The van der Waals surface area contributed by atoms with Crippen LogP contribution in [0.25, 0.3) is 11.3 Å². The van der Waals surface area contributed by atoms with Gasteiger partial charge in [0.05, 0.1) is 25.6 Å². The second-order valence-corrected chi connectivity index (χ2v) is 8.50. The van der Waals surface area contributed by atoms with E-state index in [0.717, 1.165) is 41.4 Å². The number of hydrogen-bond acceptors (Lipinski definition) is 4. The van der Waals surface area contributed by atoms with Gasteiger partial charge in [0.1, 0.15) is 11.5 Å². The second-order valence-electron chi connectivity index (χ2n) is 8.50. The molecule has 6 heteroatoms. The molecule has 1 N–H and O–H groups in total. The number of benzene rings is 1. The third-order valence-corrected chi connectivity index (χ3v) is 6.35. The summed E-state index contributed by atoms with van der Waals surface area (Å²) in [6.45, 7) is 6.92. The molecular weight excluding hydrogens is 392 g/mol. The van der Waals surface area contributed by atoms with Crippen molar-refractivity contribution in [1.29, 1.82) is 0 Å². The molecule has 0 spiro atoms. The van der Waals surface area contributed by atoms with Crippen LogP contribution in [0.5, 0.6) is 17.2 Å². The molecule has 1 aromatic carbocycles. The highest BCUT2D eigenvalue weighted by Gasteiger charge is 2.23. The molecule has 1 aromatic heterocycles. The zero-order valence-corrected chi connectivity index (χ0v) is 19.5. The minimum absolute atomic E-state index is 0.0649. The van der Waals surface area contributed by atoms with Crippen LogP contribution in [-0.2, 0) is 6.54 Å². The molecule has 0 bridgehead atoms. The highest BCUT2D eigenvalue weighted by molar-refractivity contribution is 5.75.